The lowest BCUT2D eigenvalue weighted by Crippen LogP contribution is -2.47. The van der Waals surface area contributed by atoms with E-state index in [9.17, 15) is 5.26 Å². The van der Waals surface area contributed by atoms with Gasteiger partial charge in [0.05, 0.1) is 11.9 Å². The molecule has 28 heavy (non-hydrogen) atoms. The normalized spacial score (nSPS) is 14.2. The molecule has 1 aliphatic heterocycles. The van der Waals surface area contributed by atoms with E-state index in [1.165, 1.54) is 11.8 Å². The highest BCUT2D eigenvalue weighted by molar-refractivity contribution is 7.98. The standard InChI is InChI=1S/C18H19N9S/c1-13-3-4-27(24-13)16-9-15(21-12-22-16)25-5-7-26(8-6-25)17-14(10-19)11-20-18(23-17)28-2/h3-4,9,11-12H,5-8H2,1-2H3. The zero-order valence-electron chi connectivity index (χ0n) is 15.6. The number of rotatable bonds is 4. The number of hydrogen-bond donors (Lipinski definition) is 0. The molecule has 4 heterocycles. The number of nitrogens with zero attached hydrogens (tertiary/aromatic N) is 9. The Bertz CT molecular complexity index is 1020. The lowest BCUT2D eigenvalue weighted by molar-refractivity contribution is 0.635. The van der Waals surface area contributed by atoms with Crippen LogP contribution in [-0.2, 0) is 0 Å². The van der Waals surface area contributed by atoms with Crippen LogP contribution in [0.25, 0.3) is 5.82 Å². The molecule has 1 saturated heterocycles. The topological polar surface area (TPSA) is 99.7 Å². The summed E-state index contributed by atoms with van der Waals surface area (Å²) in [6.07, 6.45) is 6.98. The van der Waals surface area contributed by atoms with Crippen molar-refractivity contribution in [2.45, 2.75) is 12.1 Å². The third kappa shape index (κ3) is 3.61. The Morgan fingerprint density at radius 3 is 2.50 bits per heavy atom. The molecule has 4 rings (SSSR count). The number of piperazine rings is 1. The molecule has 1 aliphatic rings. The molecule has 10 heteroatoms. The van der Waals surface area contributed by atoms with E-state index < -0.39 is 0 Å². The molecule has 3 aromatic heterocycles. The molecule has 0 aliphatic carbocycles. The Labute approximate surface area is 167 Å². The molecule has 0 amide bonds. The number of nitriles is 1. The smallest absolute Gasteiger partial charge is 0.189 e. The van der Waals surface area contributed by atoms with Crippen molar-refractivity contribution in [2.24, 2.45) is 0 Å². The fourth-order valence-electron chi connectivity index (χ4n) is 3.10. The SMILES string of the molecule is CSc1ncc(C#N)c(N2CCN(c3cc(-n4ccc(C)n4)ncn3)CC2)n1. The van der Waals surface area contributed by atoms with Crippen LogP contribution in [0.3, 0.4) is 0 Å². The van der Waals surface area contributed by atoms with E-state index in [0.717, 1.165) is 43.5 Å². The predicted molar refractivity (Wildman–Crippen MR) is 107 cm³/mol. The second-order valence-corrected chi connectivity index (χ2v) is 7.09. The van der Waals surface area contributed by atoms with Gasteiger partial charge in [0.15, 0.2) is 16.8 Å². The van der Waals surface area contributed by atoms with Gasteiger partial charge in [0, 0.05) is 38.4 Å². The Morgan fingerprint density at radius 1 is 1.07 bits per heavy atom. The highest BCUT2D eigenvalue weighted by Gasteiger charge is 2.22. The van der Waals surface area contributed by atoms with Gasteiger partial charge in [-0.1, -0.05) is 11.8 Å². The van der Waals surface area contributed by atoms with Crippen molar-refractivity contribution in [3.63, 3.8) is 0 Å². The van der Waals surface area contributed by atoms with E-state index in [2.05, 4.69) is 40.9 Å². The first kappa shape index (κ1) is 18.2. The Balaban J connectivity index is 1.50. The Kier molecular flexibility index (Phi) is 5.08. The van der Waals surface area contributed by atoms with Gasteiger partial charge < -0.3 is 9.80 Å². The minimum absolute atomic E-state index is 0.504. The van der Waals surface area contributed by atoms with Gasteiger partial charge in [-0.2, -0.15) is 10.4 Å². The Hall–Kier alpha value is -3.19. The van der Waals surface area contributed by atoms with Gasteiger partial charge in [0.1, 0.15) is 23.8 Å². The summed E-state index contributed by atoms with van der Waals surface area (Å²) in [5.74, 6) is 2.32. The van der Waals surface area contributed by atoms with E-state index in [0.29, 0.717) is 16.5 Å². The van der Waals surface area contributed by atoms with Crippen LogP contribution in [0.15, 0.2) is 36.0 Å². The maximum absolute atomic E-state index is 9.38. The first-order valence-electron chi connectivity index (χ1n) is 8.83. The lowest BCUT2D eigenvalue weighted by atomic mass is 10.2. The maximum Gasteiger partial charge on any atom is 0.189 e. The molecule has 0 N–H and O–H groups in total. The number of hydrogen-bond acceptors (Lipinski definition) is 9. The summed E-state index contributed by atoms with van der Waals surface area (Å²) >= 11 is 1.47. The second-order valence-electron chi connectivity index (χ2n) is 6.32. The van der Waals surface area contributed by atoms with Crippen LogP contribution in [-0.4, -0.2) is 62.2 Å². The van der Waals surface area contributed by atoms with Gasteiger partial charge in [-0.25, -0.2) is 24.6 Å². The monoisotopic (exact) mass is 393 g/mol. The Morgan fingerprint density at radius 2 is 1.82 bits per heavy atom. The quantitative estimate of drug-likeness (QED) is 0.484. The molecule has 9 nitrogen and oxygen atoms in total. The average Bonchev–Trinajstić information content (AvgIpc) is 3.20. The van der Waals surface area contributed by atoms with Crippen molar-refractivity contribution in [1.29, 1.82) is 5.26 Å². The van der Waals surface area contributed by atoms with Gasteiger partial charge in [-0.05, 0) is 19.2 Å². The lowest BCUT2D eigenvalue weighted by Gasteiger charge is -2.36. The van der Waals surface area contributed by atoms with Crippen LogP contribution in [0.4, 0.5) is 11.6 Å². The third-order valence-electron chi connectivity index (χ3n) is 4.55. The average molecular weight is 393 g/mol. The van der Waals surface area contributed by atoms with Gasteiger partial charge in [0.2, 0.25) is 0 Å². The van der Waals surface area contributed by atoms with Crippen molar-refractivity contribution >= 4 is 23.4 Å². The molecule has 0 aromatic carbocycles. The first-order valence-corrected chi connectivity index (χ1v) is 10.1. The second kappa shape index (κ2) is 7.82. The van der Waals surface area contributed by atoms with Crippen LogP contribution in [0.1, 0.15) is 11.3 Å². The molecule has 0 radical (unpaired) electrons. The largest absolute Gasteiger partial charge is 0.353 e. The minimum Gasteiger partial charge on any atom is -0.353 e. The molecule has 0 spiro atoms. The van der Waals surface area contributed by atoms with E-state index >= 15 is 0 Å². The highest BCUT2D eigenvalue weighted by atomic mass is 32.2. The summed E-state index contributed by atoms with van der Waals surface area (Å²) in [5, 5.41) is 14.5. The number of aryl methyl sites for hydroxylation is 1. The first-order chi connectivity index (χ1) is 13.7. The maximum atomic E-state index is 9.38. The molecular formula is C18H19N9S. The number of aromatic nitrogens is 6. The highest BCUT2D eigenvalue weighted by Crippen LogP contribution is 2.23. The van der Waals surface area contributed by atoms with E-state index in [1.54, 1.807) is 17.2 Å². The van der Waals surface area contributed by atoms with Gasteiger partial charge in [0.25, 0.3) is 0 Å². The third-order valence-corrected chi connectivity index (χ3v) is 5.11. The van der Waals surface area contributed by atoms with Crippen molar-refractivity contribution < 1.29 is 0 Å². The van der Waals surface area contributed by atoms with Crippen LogP contribution in [0.2, 0.25) is 0 Å². The summed E-state index contributed by atoms with van der Waals surface area (Å²) in [7, 11) is 0. The summed E-state index contributed by atoms with van der Waals surface area (Å²) in [4.78, 5) is 21.8. The zero-order valence-corrected chi connectivity index (χ0v) is 16.5. The molecular weight excluding hydrogens is 374 g/mol. The van der Waals surface area contributed by atoms with Crippen molar-refractivity contribution in [1.82, 2.24) is 29.7 Å². The predicted octanol–water partition coefficient (Wildman–Crippen LogP) is 1.68. The van der Waals surface area contributed by atoms with Gasteiger partial charge in [-0.15, -0.1) is 0 Å². The fourth-order valence-corrected chi connectivity index (χ4v) is 3.44. The van der Waals surface area contributed by atoms with Crippen molar-refractivity contribution in [2.75, 3.05) is 42.2 Å². The summed E-state index contributed by atoms with van der Waals surface area (Å²) in [5.41, 5.74) is 1.45. The molecule has 0 saturated carbocycles. The van der Waals surface area contributed by atoms with E-state index in [4.69, 9.17) is 0 Å². The summed E-state index contributed by atoms with van der Waals surface area (Å²) in [6, 6.07) is 6.08. The minimum atomic E-state index is 0.504. The van der Waals surface area contributed by atoms with Crippen LogP contribution >= 0.6 is 11.8 Å². The van der Waals surface area contributed by atoms with E-state index in [1.807, 2.05) is 31.5 Å². The van der Waals surface area contributed by atoms with Crippen molar-refractivity contribution in [3.8, 4) is 11.9 Å². The summed E-state index contributed by atoms with van der Waals surface area (Å²) < 4.78 is 1.75. The fraction of sp³-hybridized carbons (Fsp3) is 0.333. The summed E-state index contributed by atoms with van der Waals surface area (Å²) in [6.45, 7) is 5.00. The van der Waals surface area contributed by atoms with Crippen molar-refractivity contribution in [3.05, 3.63) is 42.1 Å². The van der Waals surface area contributed by atoms with Crippen LogP contribution in [0, 0.1) is 18.3 Å². The number of thioether (sulfide) groups is 1. The zero-order chi connectivity index (χ0) is 19.5. The van der Waals surface area contributed by atoms with Gasteiger partial charge in [-0.3, -0.25) is 0 Å². The molecule has 3 aromatic rings. The molecule has 1 fully saturated rings. The number of anilines is 2. The molecule has 0 bridgehead atoms. The van der Waals surface area contributed by atoms with E-state index in [-0.39, 0.29) is 0 Å². The van der Waals surface area contributed by atoms with Gasteiger partial charge >= 0.3 is 0 Å². The molecule has 0 unspecified atom stereocenters. The molecule has 142 valence electrons. The molecule has 0 atom stereocenters. The van der Waals surface area contributed by atoms with Crippen LogP contribution in [0.5, 0.6) is 0 Å². The van der Waals surface area contributed by atoms with Crippen LogP contribution < -0.4 is 9.80 Å².